The molecule has 9 heteroatoms. The van der Waals surface area contributed by atoms with Gasteiger partial charge in [-0.25, -0.2) is 0 Å². The lowest BCUT2D eigenvalue weighted by Crippen LogP contribution is -2.33. The molecule has 0 spiro atoms. The van der Waals surface area contributed by atoms with E-state index in [1.807, 2.05) is 0 Å². The van der Waals surface area contributed by atoms with Crippen LogP contribution in [0.25, 0.3) is 0 Å². The third kappa shape index (κ3) is 5.05. The molecular formula is C7H12O8S. The Bertz CT molecular complexity index is 359. The highest BCUT2D eigenvalue weighted by molar-refractivity contribution is 7.87. The maximum absolute atomic E-state index is 11.0. The zero-order valence-electron chi connectivity index (χ0n) is 8.36. The van der Waals surface area contributed by atoms with Gasteiger partial charge in [-0.2, -0.15) is 8.42 Å². The molecule has 0 heterocycles. The van der Waals surface area contributed by atoms with Crippen LogP contribution >= 0.6 is 0 Å². The van der Waals surface area contributed by atoms with Gasteiger partial charge < -0.3 is 14.9 Å². The van der Waals surface area contributed by atoms with Gasteiger partial charge in [0, 0.05) is 0 Å². The molecule has 8 nitrogen and oxygen atoms in total. The number of aliphatic hydroxyl groups excluding tert-OH is 1. The van der Waals surface area contributed by atoms with Gasteiger partial charge in [0.2, 0.25) is 0 Å². The summed E-state index contributed by atoms with van der Waals surface area (Å²) < 4.78 is 34.1. The average molecular weight is 256 g/mol. The van der Waals surface area contributed by atoms with Crippen molar-refractivity contribution in [1.82, 2.24) is 0 Å². The fourth-order valence-corrected chi connectivity index (χ4v) is 1.38. The first-order chi connectivity index (χ1) is 7.18. The Morgan fingerprint density at radius 1 is 1.38 bits per heavy atom. The molecule has 0 aliphatic heterocycles. The predicted octanol–water partition coefficient (Wildman–Crippen LogP) is -1.36. The smallest absolute Gasteiger partial charge is 0.325 e. The lowest BCUT2D eigenvalue weighted by atomic mass is 10.3. The molecule has 94 valence electrons. The summed E-state index contributed by atoms with van der Waals surface area (Å²) in [5.41, 5.74) is 0. The third-order valence-electron chi connectivity index (χ3n) is 1.58. The van der Waals surface area contributed by atoms with Crippen LogP contribution in [-0.4, -0.2) is 53.1 Å². The number of carboxylic acid groups (broad SMARTS) is 1. The first-order valence-corrected chi connectivity index (χ1v) is 5.68. The standard InChI is InChI=1S/C7H12O8S/c1-4(3-8)15-6(9)2-5(7(10)11)16(12,13)14/h4-5,8H,2-3H2,1H3,(H,10,11)(H,12,13,14). The highest BCUT2D eigenvalue weighted by atomic mass is 32.2. The van der Waals surface area contributed by atoms with Crippen LogP contribution in [0.3, 0.4) is 0 Å². The normalized spacial score (nSPS) is 15.2. The van der Waals surface area contributed by atoms with Crippen LogP contribution in [0.4, 0.5) is 0 Å². The van der Waals surface area contributed by atoms with E-state index < -0.39 is 46.4 Å². The second-order valence-electron chi connectivity index (χ2n) is 3.03. The minimum Gasteiger partial charge on any atom is -0.480 e. The van der Waals surface area contributed by atoms with Crippen molar-refractivity contribution in [3.63, 3.8) is 0 Å². The molecule has 0 aromatic rings. The summed E-state index contributed by atoms with van der Waals surface area (Å²) in [6.07, 6.45) is -1.89. The van der Waals surface area contributed by atoms with Crippen LogP contribution in [0, 0.1) is 0 Å². The van der Waals surface area contributed by atoms with Gasteiger partial charge in [-0.1, -0.05) is 0 Å². The van der Waals surface area contributed by atoms with Gasteiger partial charge in [0.05, 0.1) is 13.0 Å². The van der Waals surface area contributed by atoms with Crippen molar-refractivity contribution in [2.75, 3.05) is 6.61 Å². The van der Waals surface area contributed by atoms with Crippen LogP contribution in [-0.2, 0) is 24.4 Å². The van der Waals surface area contributed by atoms with Crippen LogP contribution in [0.15, 0.2) is 0 Å². The Kier molecular flexibility index (Phi) is 5.35. The first kappa shape index (κ1) is 14.8. The van der Waals surface area contributed by atoms with Gasteiger partial charge in [0.15, 0.2) is 5.25 Å². The Hall–Kier alpha value is -1.19. The molecule has 0 aliphatic rings. The molecule has 0 bridgehead atoms. The van der Waals surface area contributed by atoms with Crippen LogP contribution < -0.4 is 0 Å². The average Bonchev–Trinajstić information content (AvgIpc) is 2.11. The fourth-order valence-electron chi connectivity index (χ4n) is 0.781. The fraction of sp³-hybridized carbons (Fsp3) is 0.714. The highest BCUT2D eigenvalue weighted by Crippen LogP contribution is 2.07. The van der Waals surface area contributed by atoms with Crippen molar-refractivity contribution in [1.29, 1.82) is 0 Å². The molecule has 0 amide bonds. The van der Waals surface area contributed by atoms with E-state index in [2.05, 4.69) is 4.74 Å². The van der Waals surface area contributed by atoms with Gasteiger partial charge >= 0.3 is 11.9 Å². The number of hydrogen-bond acceptors (Lipinski definition) is 6. The summed E-state index contributed by atoms with van der Waals surface area (Å²) >= 11 is 0. The Labute approximate surface area is 91.6 Å². The number of aliphatic carboxylic acids is 1. The van der Waals surface area contributed by atoms with Gasteiger partial charge in [-0.3, -0.25) is 14.1 Å². The number of ether oxygens (including phenoxy) is 1. The van der Waals surface area contributed by atoms with Gasteiger partial charge in [-0.15, -0.1) is 0 Å². The second kappa shape index (κ2) is 5.77. The number of rotatable bonds is 6. The lowest BCUT2D eigenvalue weighted by molar-refractivity contribution is -0.152. The highest BCUT2D eigenvalue weighted by Gasteiger charge is 2.34. The Morgan fingerprint density at radius 3 is 2.19 bits per heavy atom. The zero-order valence-corrected chi connectivity index (χ0v) is 9.18. The molecule has 2 atom stereocenters. The zero-order chi connectivity index (χ0) is 12.9. The maximum Gasteiger partial charge on any atom is 0.325 e. The number of hydrogen-bond donors (Lipinski definition) is 3. The Morgan fingerprint density at radius 2 is 1.88 bits per heavy atom. The van der Waals surface area contributed by atoms with E-state index in [4.69, 9.17) is 14.8 Å². The second-order valence-corrected chi connectivity index (χ2v) is 4.63. The number of aliphatic hydroxyl groups is 1. The number of carboxylic acids is 1. The third-order valence-corrected chi connectivity index (χ3v) is 2.66. The summed E-state index contributed by atoms with van der Waals surface area (Å²) in [7, 11) is -4.86. The molecule has 0 saturated carbocycles. The van der Waals surface area contributed by atoms with E-state index >= 15 is 0 Å². The SMILES string of the molecule is CC(CO)OC(=O)CC(C(=O)O)S(=O)(=O)O. The van der Waals surface area contributed by atoms with Crippen LogP contribution in [0.5, 0.6) is 0 Å². The first-order valence-electron chi connectivity index (χ1n) is 4.18. The number of carbonyl (C=O) groups excluding carboxylic acids is 1. The molecule has 0 fully saturated rings. The van der Waals surface area contributed by atoms with E-state index in [9.17, 15) is 18.0 Å². The van der Waals surface area contributed by atoms with Gasteiger partial charge in [0.1, 0.15) is 6.10 Å². The minimum absolute atomic E-state index is 0.477. The molecular weight excluding hydrogens is 244 g/mol. The molecule has 0 rings (SSSR count). The molecule has 0 saturated heterocycles. The van der Waals surface area contributed by atoms with Crippen molar-refractivity contribution in [2.24, 2.45) is 0 Å². The predicted molar refractivity (Wildman–Crippen MR) is 50.2 cm³/mol. The Balaban J connectivity index is 4.55. The van der Waals surface area contributed by atoms with E-state index in [-0.39, 0.29) is 0 Å². The van der Waals surface area contributed by atoms with Crippen molar-refractivity contribution in [3.05, 3.63) is 0 Å². The molecule has 16 heavy (non-hydrogen) atoms. The van der Waals surface area contributed by atoms with Gasteiger partial charge in [-0.05, 0) is 6.92 Å². The summed E-state index contributed by atoms with van der Waals surface area (Å²) in [6, 6.07) is 0. The van der Waals surface area contributed by atoms with E-state index in [1.54, 1.807) is 0 Å². The minimum atomic E-state index is -4.86. The summed E-state index contributed by atoms with van der Waals surface area (Å²) in [5.74, 6) is -2.98. The van der Waals surface area contributed by atoms with E-state index in [0.717, 1.165) is 0 Å². The van der Waals surface area contributed by atoms with Crippen LogP contribution in [0.2, 0.25) is 0 Å². The van der Waals surface area contributed by atoms with Crippen molar-refractivity contribution in [3.8, 4) is 0 Å². The molecule has 0 aromatic carbocycles. The summed E-state index contributed by atoms with van der Waals surface area (Å²) in [5, 5.41) is 14.7. The van der Waals surface area contributed by atoms with Gasteiger partial charge in [0.25, 0.3) is 10.1 Å². The van der Waals surface area contributed by atoms with E-state index in [0.29, 0.717) is 0 Å². The number of carbonyl (C=O) groups is 2. The van der Waals surface area contributed by atoms with Crippen molar-refractivity contribution in [2.45, 2.75) is 24.7 Å². The molecule has 3 N–H and O–H groups in total. The summed E-state index contributed by atoms with van der Waals surface area (Å²) in [6.45, 7) is 0.858. The molecule has 2 unspecified atom stereocenters. The quantitative estimate of drug-likeness (QED) is 0.391. The molecule has 0 aliphatic carbocycles. The van der Waals surface area contributed by atoms with Crippen molar-refractivity contribution >= 4 is 22.1 Å². The topological polar surface area (TPSA) is 138 Å². The van der Waals surface area contributed by atoms with Crippen LogP contribution in [0.1, 0.15) is 13.3 Å². The largest absolute Gasteiger partial charge is 0.480 e. The lowest BCUT2D eigenvalue weighted by Gasteiger charge is -2.12. The summed E-state index contributed by atoms with van der Waals surface area (Å²) in [4.78, 5) is 21.4. The van der Waals surface area contributed by atoms with Crippen molar-refractivity contribution < 1.29 is 37.5 Å². The maximum atomic E-state index is 11.0. The number of esters is 1. The molecule has 0 radical (unpaired) electrons. The van der Waals surface area contributed by atoms with E-state index in [1.165, 1.54) is 6.92 Å². The molecule has 0 aromatic heterocycles. The monoisotopic (exact) mass is 256 g/mol.